The Balaban J connectivity index is 1.37. The average Bonchev–Trinajstić information content (AvgIpc) is 3.30. The molecule has 4 nitrogen and oxygen atoms in total. The Morgan fingerprint density at radius 3 is 2.64 bits per heavy atom. The van der Waals surface area contributed by atoms with E-state index in [4.69, 9.17) is 4.42 Å². The molecule has 1 N–H and O–H groups in total. The second kappa shape index (κ2) is 6.95. The highest BCUT2D eigenvalue weighted by atomic mass is 16.3. The lowest BCUT2D eigenvalue weighted by atomic mass is 10.1. The first-order chi connectivity index (χ1) is 12.3. The molecule has 0 aliphatic rings. The van der Waals surface area contributed by atoms with Crippen molar-refractivity contribution in [1.82, 2.24) is 14.9 Å². The van der Waals surface area contributed by atoms with Crippen LogP contribution in [0.5, 0.6) is 0 Å². The van der Waals surface area contributed by atoms with Crippen molar-refractivity contribution in [2.75, 3.05) is 0 Å². The fraction of sp³-hybridized carbons (Fsp3) is 0.190. The highest BCUT2D eigenvalue weighted by Gasteiger charge is 2.10. The summed E-state index contributed by atoms with van der Waals surface area (Å²) >= 11 is 0. The van der Waals surface area contributed by atoms with Gasteiger partial charge in [0, 0.05) is 30.9 Å². The van der Waals surface area contributed by atoms with E-state index in [0.29, 0.717) is 0 Å². The van der Waals surface area contributed by atoms with E-state index in [9.17, 15) is 0 Å². The molecule has 4 aromatic rings. The first kappa shape index (κ1) is 15.7. The maximum Gasteiger partial charge on any atom is 0.134 e. The highest BCUT2D eigenvalue weighted by molar-refractivity contribution is 5.77. The van der Waals surface area contributed by atoms with E-state index in [-0.39, 0.29) is 6.04 Å². The quantitative estimate of drug-likeness (QED) is 0.564. The molecule has 4 heteroatoms. The maximum atomic E-state index is 5.92. The zero-order valence-electron chi connectivity index (χ0n) is 14.2. The Bertz CT molecular complexity index is 906. The summed E-state index contributed by atoms with van der Waals surface area (Å²) in [7, 11) is 0. The van der Waals surface area contributed by atoms with Crippen molar-refractivity contribution in [2.45, 2.75) is 26.1 Å². The summed E-state index contributed by atoms with van der Waals surface area (Å²) in [5.41, 5.74) is 3.47. The third kappa shape index (κ3) is 3.64. The number of aromatic nitrogens is 2. The van der Waals surface area contributed by atoms with Crippen LogP contribution < -0.4 is 5.32 Å². The van der Waals surface area contributed by atoms with Crippen molar-refractivity contribution in [2.24, 2.45) is 0 Å². The van der Waals surface area contributed by atoms with E-state index in [1.165, 1.54) is 11.1 Å². The molecule has 0 saturated heterocycles. The predicted molar refractivity (Wildman–Crippen MR) is 99.2 cm³/mol. The number of rotatable bonds is 6. The number of hydrogen-bond donors (Lipinski definition) is 1. The van der Waals surface area contributed by atoms with Gasteiger partial charge >= 0.3 is 0 Å². The fourth-order valence-electron chi connectivity index (χ4n) is 2.94. The lowest BCUT2D eigenvalue weighted by molar-refractivity contribution is 0.451. The van der Waals surface area contributed by atoms with Crippen molar-refractivity contribution in [3.05, 3.63) is 90.2 Å². The number of fused-ring (bicyclic) bond motifs is 1. The lowest BCUT2D eigenvalue weighted by Gasteiger charge is -2.12. The van der Waals surface area contributed by atoms with Gasteiger partial charge in [0.25, 0.3) is 0 Å². The van der Waals surface area contributed by atoms with Gasteiger partial charge in [0.15, 0.2) is 0 Å². The lowest BCUT2D eigenvalue weighted by Crippen LogP contribution is -2.17. The molecule has 2 aromatic carbocycles. The molecule has 0 bridgehead atoms. The monoisotopic (exact) mass is 331 g/mol. The van der Waals surface area contributed by atoms with Gasteiger partial charge < -0.3 is 14.3 Å². The molecule has 0 spiro atoms. The van der Waals surface area contributed by atoms with E-state index in [2.05, 4.69) is 58.2 Å². The second-order valence-electron chi connectivity index (χ2n) is 6.34. The first-order valence-electron chi connectivity index (χ1n) is 8.53. The van der Waals surface area contributed by atoms with Crippen molar-refractivity contribution in [1.29, 1.82) is 0 Å². The number of hydrogen-bond acceptors (Lipinski definition) is 3. The summed E-state index contributed by atoms with van der Waals surface area (Å²) in [5.74, 6) is 0.970. The normalized spacial score (nSPS) is 12.5. The number of nitrogens with one attached hydrogen (secondary N) is 1. The van der Waals surface area contributed by atoms with Crippen LogP contribution in [-0.4, -0.2) is 9.55 Å². The van der Waals surface area contributed by atoms with Crippen LogP contribution in [0.2, 0.25) is 0 Å². The van der Waals surface area contributed by atoms with Gasteiger partial charge in [-0.25, -0.2) is 4.98 Å². The topological polar surface area (TPSA) is 43.0 Å². The van der Waals surface area contributed by atoms with Crippen LogP contribution >= 0.6 is 0 Å². The van der Waals surface area contributed by atoms with E-state index in [1.807, 2.05) is 30.7 Å². The minimum atomic E-state index is 0.165. The molecule has 0 fully saturated rings. The minimum Gasteiger partial charge on any atom is -0.459 e. The summed E-state index contributed by atoms with van der Waals surface area (Å²) in [6.45, 7) is 3.79. The standard InChI is InChI=1S/C21H21N3O/c1-16(21-12-19-4-2-3-5-20(19)25-21)23-13-17-6-8-18(9-7-17)14-24-11-10-22-15-24/h2-12,15-16,23H,13-14H2,1H3/t16-/m0/s1. The predicted octanol–water partition coefficient (Wildman–Crippen LogP) is 4.53. The van der Waals surface area contributed by atoms with Gasteiger partial charge in [-0.05, 0) is 30.2 Å². The molecule has 0 radical (unpaired) electrons. The second-order valence-corrected chi connectivity index (χ2v) is 6.34. The van der Waals surface area contributed by atoms with Gasteiger partial charge in [-0.15, -0.1) is 0 Å². The molecular weight excluding hydrogens is 310 g/mol. The van der Waals surface area contributed by atoms with Crippen molar-refractivity contribution < 1.29 is 4.42 Å². The van der Waals surface area contributed by atoms with Crippen LogP contribution in [0.15, 0.2) is 77.7 Å². The molecule has 1 atom stereocenters. The van der Waals surface area contributed by atoms with Gasteiger partial charge in [-0.1, -0.05) is 42.5 Å². The van der Waals surface area contributed by atoms with Crippen LogP contribution in [0, 0.1) is 0 Å². The van der Waals surface area contributed by atoms with E-state index >= 15 is 0 Å². The largest absolute Gasteiger partial charge is 0.459 e. The molecule has 4 rings (SSSR count). The van der Waals surface area contributed by atoms with E-state index in [1.54, 1.807) is 6.20 Å². The summed E-state index contributed by atoms with van der Waals surface area (Å²) < 4.78 is 7.99. The first-order valence-corrected chi connectivity index (χ1v) is 8.53. The number of para-hydroxylation sites is 1. The van der Waals surface area contributed by atoms with Gasteiger partial charge in [0.2, 0.25) is 0 Å². The van der Waals surface area contributed by atoms with Crippen LogP contribution in [0.25, 0.3) is 11.0 Å². The summed E-state index contributed by atoms with van der Waals surface area (Å²) in [5, 5.41) is 4.68. The van der Waals surface area contributed by atoms with Crippen LogP contribution in [0.4, 0.5) is 0 Å². The number of benzene rings is 2. The van der Waals surface area contributed by atoms with Crippen molar-refractivity contribution >= 4 is 11.0 Å². The van der Waals surface area contributed by atoms with Crippen LogP contribution in [0.3, 0.4) is 0 Å². The van der Waals surface area contributed by atoms with Gasteiger partial charge in [-0.2, -0.15) is 0 Å². The molecule has 0 unspecified atom stereocenters. The molecule has 126 valence electrons. The van der Waals surface area contributed by atoms with Crippen LogP contribution in [-0.2, 0) is 13.1 Å². The summed E-state index contributed by atoms with van der Waals surface area (Å²) in [6.07, 6.45) is 5.62. The third-order valence-corrected chi connectivity index (χ3v) is 4.43. The van der Waals surface area contributed by atoms with Gasteiger partial charge in [0.1, 0.15) is 11.3 Å². The van der Waals surface area contributed by atoms with E-state index in [0.717, 1.165) is 29.8 Å². The SMILES string of the molecule is C[C@H](NCc1ccc(Cn2ccnc2)cc1)c1cc2ccccc2o1. The molecule has 2 aromatic heterocycles. The van der Waals surface area contributed by atoms with E-state index < -0.39 is 0 Å². The third-order valence-electron chi connectivity index (χ3n) is 4.43. The van der Waals surface area contributed by atoms with Crippen molar-refractivity contribution in [3.63, 3.8) is 0 Å². The summed E-state index contributed by atoms with van der Waals surface area (Å²) in [4.78, 5) is 4.07. The Hall–Kier alpha value is -2.85. The zero-order chi connectivity index (χ0) is 17.1. The molecular formula is C21H21N3O. The number of nitrogens with zero attached hydrogens (tertiary/aromatic N) is 2. The Morgan fingerprint density at radius 2 is 1.88 bits per heavy atom. The van der Waals surface area contributed by atoms with Crippen LogP contribution in [0.1, 0.15) is 29.9 Å². The van der Waals surface area contributed by atoms with Crippen molar-refractivity contribution in [3.8, 4) is 0 Å². The maximum absolute atomic E-state index is 5.92. The molecule has 0 aliphatic carbocycles. The Morgan fingerprint density at radius 1 is 1.08 bits per heavy atom. The molecule has 0 aliphatic heterocycles. The zero-order valence-corrected chi connectivity index (χ0v) is 14.2. The summed E-state index contributed by atoms with van der Waals surface area (Å²) in [6, 6.07) is 19.1. The van der Waals surface area contributed by atoms with Gasteiger partial charge in [-0.3, -0.25) is 0 Å². The highest BCUT2D eigenvalue weighted by Crippen LogP contribution is 2.23. The Kier molecular flexibility index (Phi) is 4.36. The molecule has 0 saturated carbocycles. The average molecular weight is 331 g/mol. The molecule has 2 heterocycles. The molecule has 25 heavy (non-hydrogen) atoms. The smallest absolute Gasteiger partial charge is 0.134 e. The Labute approximate surface area is 147 Å². The minimum absolute atomic E-state index is 0.165. The number of furan rings is 1. The fourth-order valence-corrected chi connectivity index (χ4v) is 2.94. The number of imidazole rings is 1. The molecule has 0 amide bonds. The van der Waals surface area contributed by atoms with Gasteiger partial charge in [0.05, 0.1) is 12.4 Å².